The van der Waals surface area contributed by atoms with Gasteiger partial charge in [-0.25, -0.2) is 12.4 Å². The summed E-state index contributed by atoms with van der Waals surface area (Å²) < 4.78 is 25.7. The van der Waals surface area contributed by atoms with Crippen molar-refractivity contribution in [3.63, 3.8) is 0 Å². The first-order valence-electron chi connectivity index (χ1n) is 6.70. The normalized spacial score (nSPS) is 13.4. The van der Waals surface area contributed by atoms with Crippen molar-refractivity contribution in [3.05, 3.63) is 70.9 Å². The number of para-hydroxylation sites is 1. The van der Waals surface area contributed by atoms with Gasteiger partial charge < -0.3 is 5.73 Å². The zero-order valence-corrected chi connectivity index (χ0v) is 13.5. The first-order chi connectivity index (χ1) is 10.4. The molecule has 0 aliphatic carbocycles. The van der Waals surface area contributed by atoms with Crippen LogP contribution in [-0.4, -0.2) is 18.6 Å². The molecule has 0 radical (unpaired) electrons. The lowest BCUT2D eigenvalue weighted by Crippen LogP contribution is -2.20. The van der Waals surface area contributed by atoms with Gasteiger partial charge >= 0.3 is 0 Å². The molecule has 0 saturated heterocycles. The smallest absolute Gasteiger partial charge is 0.236 e. The van der Waals surface area contributed by atoms with Gasteiger partial charge in [-0.05, 0) is 29.8 Å². The van der Waals surface area contributed by atoms with Gasteiger partial charge in [0.2, 0.25) is 10.0 Å². The second kappa shape index (κ2) is 5.43. The lowest BCUT2D eigenvalue weighted by molar-refractivity contribution is 0.591. The van der Waals surface area contributed by atoms with Gasteiger partial charge in [-0.3, -0.25) is 0 Å². The third kappa shape index (κ3) is 2.63. The number of rotatable bonds is 3. The minimum Gasteiger partial charge on any atom is -0.319 e. The fraction of sp³-hybridized carbons (Fsp3) is 0.125. The van der Waals surface area contributed by atoms with Crippen LogP contribution in [0.1, 0.15) is 17.3 Å². The molecule has 0 amide bonds. The quantitative estimate of drug-likeness (QED) is 0.800. The molecule has 1 unspecified atom stereocenters. The Morgan fingerprint density at radius 2 is 1.73 bits per heavy atom. The highest BCUT2D eigenvalue weighted by atomic mass is 35.5. The molecular weight excluding hydrogens is 320 g/mol. The Labute approximate surface area is 134 Å². The number of fused-ring (bicyclic) bond motifs is 1. The average molecular weight is 335 g/mol. The number of benzene rings is 2. The van der Waals surface area contributed by atoms with Crippen molar-refractivity contribution in [1.82, 2.24) is 3.97 Å². The van der Waals surface area contributed by atoms with Gasteiger partial charge in [-0.2, -0.15) is 0 Å². The van der Waals surface area contributed by atoms with E-state index in [0.717, 1.165) is 10.9 Å². The maximum absolute atomic E-state index is 12.2. The summed E-state index contributed by atoms with van der Waals surface area (Å²) in [5.74, 6) is 0. The highest BCUT2D eigenvalue weighted by molar-refractivity contribution is 7.89. The van der Waals surface area contributed by atoms with Gasteiger partial charge in [0.05, 0.1) is 23.5 Å². The second-order valence-corrected chi connectivity index (χ2v) is 7.45. The highest BCUT2D eigenvalue weighted by Crippen LogP contribution is 2.29. The molecule has 3 aromatic rings. The number of aromatic nitrogens is 1. The first kappa shape index (κ1) is 15.1. The topological polar surface area (TPSA) is 65.1 Å². The Morgan fingerprint density at radius 1 is 1.09 bits per heavy atom. The van der Waals surface area contributed by atoms with Crippen molar-refractivity contribution in [2.45, 2.75) is 6.04 Å². The third-order valence-electron chi connectivity index (χ3n) is 3.57. The molecule has 114 valence electrons. The molecule has 1 aromatic heterocycles. The molecular formula is C16H15ClN2O2S. The Kier molecular flexibility index (Phi) is 3.72. The molecule has 22 heavy (non-hydrogen) atoms. The number of nitrogens with two attached hydrogens (primary N) is 1. The van der Waals surface area contributed by atoms with E-state index in [4.69, 9.17) is 17.3 Å². The number of hydrogen-bond acceptors (Lipinski definition) is 3. The van der Waals surface area contributed by atoms with E-state index in [0.29, 0.717) is 16.2 Å². The van der Waals surface area contributed by atoms with Gasteiger partial charge in [-0.15, -0.1) is 0 Å². The summed E-state index contributed by atoms with van der Waals surface area (Å²) >= 11 is 5.89. The van der Waals surface area contributed by atoms with E-state index in [9.17, 15) is 8.42 Å². The average Bonchev–Trinajstić information content (AvgIpc) is 2.86. The molecule has 0 spiro atoms. The summed E-state index contributed by atoms with van der Waals surface area (Å²) in [6.45, 7) is 0. The van der Waals surface area contributed by atoms with E-state index in [1.807, 2.05) is 24.3 Å². The summed E-state index contributed by atoms with van der Waals surface area (Å²) in [6, 6.07) is 15.7. The van der Waals surface area contributed by atoms with Crippen LogP contribution < -0.4 is 5.73 Å². The molecule has 4 nitrogen and oxygen atoms in total. The van der Waals surface area contributed by atoms with Gasteiger partial charge in [0.25, 0.3) is 0 Å². The molecule has 1 atom stereocenters. The van der Waals surface area contributed by atoms with E-state index in [1.165, 1.54) is 10.2 Å². The zero-order valence-electron chi connectivity index (χ0n) is 11.9. The van der Waals surface area contributed by atoms with Crippen LogP contribution in [0.3, 0.4) is 0 Å². The van der Waals surface area contributed by atoms with E-state index in [2.05, 4.69) is 0 Å². The van der Waals surface area contributed by atoms with E-state index < -0.39 is 16.1 Å². The fourth-order valence-corrected chi connectivity index (χ4v) is 3.78. The molecule has 0 fully saturated rings. The number of hydrogen-bond donors (Lipinski definition) is 1. The van der Waals surface area contributed by atoms with E-state index in [-0.39, 0.29) is 0 Å². The van der Waals surface area contributed by atoms with Crippen LogP contribution in [0.25, 0.3) is 10.9 Å². The van der Waals surface area contributed by atoms with Crippen LogP contribution in [0.15, 0.2) is 54.6 Å². The Bertz CT molecular complexity index is 930. The van der Waals surface area contributed by atoms with Crippen LogP contribution in [0, 0.1) is 0 Å². The number of halogens is 1. The fourth-order valence-electron chi connectivity index (χ4n) is 2.58. The molecule has 2 N–H and O–H groups in total. The van der Waals surface area contributed by atoms with Crippen LogP contribution in [-0.2, 0) is 10.0 Å². The predicted molar refractivity (Wildman–Crippen MR) is 89.7 cm³/mol. The molecule has 0 saturated carbocycles. The maximum Gasteiger partial charge on any atom is 0.236 e. The lowest BCUT2D eigenvalue weighted by atomic mass is 10.1. The Balaban J connectivity index is 2.24. The molecule has 6 heteroatoms. The minimum atomic E-state index is -3.47. The zero-order chi connectivity index (χ0) is 15.9. The van der Waals surface area contributed by atoms with Gasteiger partial charge in [-0.1, -0.05) is 41.9 Å². The number of nitrogens with zero attached hydrogens (tertiary/aromatic N) is 1. The van der Waals surface area contributed by atoms with Gasteiger partial charge in [0.15, 0.2) is 0 Å². The summed E-state index contributed by atoms with van der Waals surface area (Å²) in [6.07, 6.45) is 1.18. The monoisotopic (exact) mass is 334 g/mol. The standard InChI is InChI=1S/C16H15ClN2O2S/c1-22(20,21)19-14-5-3-2-4-12(14)10-15(19)16(18)11-6-8-13(17)9-7-11/h2-10,16H,18H2,1H3. The van der Waals surface area contributed by atoms with Crippen LogP contribution in [0.4, 0.5) is 0 Å². The SMILES string of the molecule is CS(=O)(=O)n1c(C(N)c2ccc(Cl)cc2)cc2ccccc21. The molecule has 0 bridgehead atoms. The summed E-state index contributed by atoms with van der Waals surface area (Å²) in [7, 11) is -3.47. The maximum atomic E-state index is 12.2. The van der Waals surface area contributed by atoms with Crippen molar-refractivity contribution in [3.8, 4) is 0 Å². The summed E-state index contributed by atoms with van der Waals surface area (Å²) in [5, 5.41) is 1.45. The van der Waals surface area contributed by atoms with Crippen LogP contribution in [0.5, 0.6) is 0 Å². The van der Waals surface area contributed by atoms with Crippen molar-refractivity contribution < 1.29 is 8.42 Å². The van der Waals surface area contributed by atoms with Crippen LogP contribution in [0.2, 0.25) is 5.02 Å². The van der Waals surface area contributed by atoms with Crippen molar-refractivity contribution in [1.29, 1.82) is 0 Å². The predicted octanol–water partition coefficient (Wildman–Crippen LogP) is 3.15. The molecule has 3 rings (SSSR count). The van der Waals surface area contributed by atoms with E-state index in [1.54, 1.807) is 30.3 Å². The Morgan fingerprint density at radius 3 is 2.36 bits per heavy atom. The Hall–Kier alpha value is -1.82. The molecule has 0 aliphatic heterocycles. The summed E-state index contributed by atoms with van der Waals surface area (Å²) in [5.41, 5.74) is 8.26. The first-order valence-corrected chi connectivity index (χ1v) is 8.92. The van der Waals surface area contributed by atoms with Crippen molar-refractivity contribution in [2.24, 2.45) is 5.73 Å². The highest BCUT2D eigenvalue weighted by Gasteiger charge is 2.21. The van der Waals surface area contributed by atoms with E-state index >= 15 is 0 Å². The molecule has 0 aliphatic rings. The molecule has 2 aromatic carbocycles. The van der Waals surface area contributed by atoms with Gasteiger partial charge in [0, 0.05) is 10.4 Å². The summed E-state index contributed by atoms with van der Waals surface area (Å²) in [4.78, 5) is 0. The lowest BCUT2D eigenvalue weighted by Gasteiger charge is -2.15. The van der Waals surface area contributed by atoms with Crippen molar-refractivity contribution in [2.75, 3.05) is 6.26 Å². The third-order valence-corrected chi connectivity index (χ3v) is 4.90. The minimum absolute atomic E-state index is 0.533. The van der Waals surface area contributed by atoms with Gasteiger partial charge in [0.1, 0.15) is 0 Å². The van der Waals surface area contributed by atoms with Crippen molar-refractivity contribution >= 4 is 32.5 Å². The second-order valence-electron chi connectivity index (χ2n) is 5.18. The molecule has 1 heterocycles. The van der Waals surface area contributed by atoms with Crippen LogP contribution >= 0.6 is 11.6 Å². The largest absolute Gasteiger partial charge is 0.319 e.